The number of aromatic nitrogens is 2. The molecule has 7 heteroatoms. The third-order valence-corrected chi connectivity index (χ3v) is 5.33. The number of benzene rings is 1. The zero-order chi connectivity index (χ0) is 20.2. The zero-order valence-corrected chi connectivity index (χ0v) is 16.4. The van der Waals surface area contributed by atoms with Crippen LogP contribution in [0.2, 0.25) is 0 Å². The lowest BCUT2D eigenvalue weighted by Gasteiger charge is -2.32. The van der Waals surface area contributed by atoms with Gasteiger partial charge in [0.25, 0.3) is 11.8 Å². The van der Waals surface area contributed by atoms with Gasteiger partial charge in [-0.3, -0.25) is 9.59 Å². The fourth-order valence-electron chi connectivity index (χ4n) is 3.75. The van der Waals surface area contributed by atoms with Crippen molar-refractivity contribution in [3.05, 3.63) is 71.9 Å². The largest absolute Gasteiger partial charge is 0.472 e. The Morgan fingerprint density at radius 2 is 1.93 bits per heavy atom. The minimum atomic E-state index is -0.108. The summed E-state index contributed by atoms with van der Waals surface area (Å²) in [5.74, 6) is -0.135. The lowest BCUT2D eigenvalue weighted by molar-refractivity contribution is 0.0697. The number of hydrogen-bond donors (Lipinski definition) is 1. The third kappa shape index (κ3) is 3.94. The number of likely N-dealkylation sites (tertiary alicyclic amines) is 1. The Hall–Kier alpha value is -3.35. The van der Waals surface area contributed by atoms with E-state index in [1.165, 1.54) is 12.5 Å². The van der Waals surface area contributed by atoms with Gasteiger partial charge in [0.2, 0.25) is 0 Å². The smallest absolute Gasteiger partial charge is 0.257 e. The Balaban J connectivity index is 1.39. The summed E-state index contributed by atoms with van der Waals surface area (Å²) >= 11 is 0. The highest BCUT2D eigenvalue weighted by Gasteiger charge is 2.26. The van der Waals surface area contributed by atoms with Crippen molar-refractivity contribution in [1.82, 2.24) is 20.0 Å². The first kappa shape index (κ1) is 19.0. The maximum absolute atomic E-state index is 12.9. The maximum atomic E-state index is 12.9. The van der Waals surface area contributed by atoms with E-state index in [0.717, 1.165) is 24.2 Å². The summed E-state index contributed by atoms with van der Waals surface area (Å²) in [5, 5.41) is 7.55. The summed E-state index contributed by atoms with van der Waals surface area (Å²) in [6.45, 7) is 3.24. The second-order valence-corrected chi connectivity index (χ2v) is 7.16. The van der Waals surface area contributed by atoms with Crippen LogP contribution in [0.3, 0.4) is 0 Å². The molecule has 0 atom stereocenters. The van der Waals surface area contributed by atoms with Crippen molar-refractivity contribution in [2.24, 2.45) is 0 Å². The van der Waals surface area contributed by atoms with Gasteiger partial charge in [0, 0.05) is 19.1 Å². The highest BCUT2D eigenvalue weighted by atomic mass is 16.3. The van der Waals surface area contributed by atoms with Gasteiger partial charge in [-0.05, 0) is 37.5 Å². The normalized spacial score (nSPS) is 14.7. The van der Waals surface area contributed by atoms with Gasteiger partial charge < -0.3 is 14.6 Å². The zero-order valence-electron chi connectivity index (χ0n) is 16.4. The van der Waals surface area contributed by atoms with Gasteiger partial charge in [0.1, 0.15) is 6.26 Å². The van der Waals surface area contributed by atoms with E-state index in [0.29, 0.717) is 30.6 Å². The van der Waals surface area contributed by atoms with E-state index in [1.807, 2.05) is 41.9 Å². The van der Waals surface area contributed by atoms with Gasteiger partial charge in [0.15, 0.2) is 0 Å². The van der Waals surface area contributed by atoms with Crippen LogP contribution < -0.4 is 5.32 Å². The van der Waals surface area contributed by atoms with Gasteiger partial charge >= 0.3 is 0 Å². The van der Waals surface area contributed by atoms with Gasteiger partial charge in [-0.2, -0.15) is 5.10 Å². The average molecular weight is 392 g/mol. The standard InChI is InChI=1S/C22H24N4O3/c1-2-20-19(14-23-26(20)18-6-4-3-5-7-18)21(27)24-17-8-11-25(12-9-17)22(28)16-10-13-29-15-16/h3-7,10,13-15,17H,2,8-9,11-12H2,1H3,(H,24,27). The summed E-state index contributed by atoms with van der Waals surface area (Å²) in [5.41, 5.74) is 3.00. The van der Waals surface area contributed by atoms with Crippen LogP contribution in [0.15, 0.2) is 59.5 Å². The predicted molar refractivity (Wildman–Crippen MR) is 108 cm³/mol. The highest BCUT2D eigenvalue weighted by Crippen LogP contribution is 2.18. The minimum Gasteiger partial charge on any atom is -0.472 e. The molecule has 0 radical (unpaired) electrons. The molecule has 1 N–H and O–H groups in total. The van der Waals surface area contributed by atoms with E-state index < -0.39 is 0 Å². The molecule has 1 aromatic carbocycles. The molecule has 1 aliphatic rings. The van der Waals surface area contributed by atoms with Crippen LogP contribution in [0.4, 0.5) is 0 Å². The van der Waals surface area contributed by atoms with E-state index in [1.54, 1.807) is 17.2 Å². The molecule has 3 aromatic rings. The summed E-state index contributed by atoms with van der Waals surface area (Å²) in [4.78, 5) is 27.1. The van der Waals surface area contributed by atoms with Gasteiger partial charge in [0.05, 0.1) is 35.0 Å². The Kier molecular flexibility index (Phi) is 5.46. The molecule has 1 aliphatic heterocycles. The summed E-state index contributed by atoms with van der Waals surface area (Å²) in [7, 11) is 0. The van der Waals surface area contributed by atoms with E-state index in [2.05, 4.69) is 10.4 Å². The van der Waals surface area contributed by atoms with Gasteiger partial charge in [-0.1, -0.05) is 25.1 Å². The molecule has 0 saturated carbocycles. The monoisotopic (exact) mass is 392 g/mol. The number of nitrogens with one attached hydrogen (secondary N) is 1. The van der Waals surface area contributed by atoms with Crippen molar-refractivity contribution in [2.45, 2.75) is 32.2 Å². The Labute approximate surface area is 169 Å². The number of nitrogens with zero attached hydrogens (tertiary/aromatic N) is 3. The van der Waals surface area contributed by atoms with E-state index in [4.69, 9.17) is 4.42 Å². The molecule has 0 aliphatic carbocycles. The van der Waals surface area contributed by atoms with Crippen LogP contribution in [0, 0.1) is 0 Å². The van der Waals surface area contributed by atoms with E-state index >= 15 is 0 Å². The number of carbonyl (C=O) groups is 2. The average Bonchev–Trinajstić information content (AvgIpc) is 3.44. The molecular formula is C22H24N4O3. The summed E-state index contributed by atoms with van der Waals surface area (Å²) < 4.78 is 6.81. The molecule has 0 bridgehead atoms. The SMILES string of the molecule is CCc1c(C(=O)NC2CCN(C(=O)c3ccoc3)CC2)cnn1-c1ccccc1. The second-order valence-electron chi connectivity index (χ2n) is 7.16. The second kappa shape index (κ2) is 8.34. The van der Waals surface area contributed by atoms with Crippen molar-refractivity contribution in [3.8, 4) is 5.69 Å². The van der Waals surface area contributed by atoms with E-state index in [-0.39, 0.29) is 17.9 Å². The third-order valence-electron chi connectivity index (χ3n) is 5.33. The molecule has 7 nitrogen and oxygen atoms in total. The first-order chi connectivity index (χ1) is 14.2. The van der Waals surface area contributed by atoms with Crippen LogP contribution in [-0.4, -0.2) is 45.6 Å². The minimum absolute atomic E-state index is 0.0269. The quantitative estimate of drug-likeness (QED) is 0.724. The summed E-state index contributed by atoms with van der Waals surface area (Å²) in [6, 6.07) is 11.5. The van der Waals surface area contributed by atoms with E-state index in [9.17, 15) is 9.59 Å². The number of hydrogen-bond acceptors (Lipinski definition) is 4. The number of amides is 2. The van der Waals surface area contributed by atoms with Crippen molar-refractivity contribution in [1.29, 1.82) is 0 Å². The number of para-hydroxylation sites is 1. The van der Waals surface area contributed by atoms with Crippen LogP contribution >= 0.6 is 0 Å². The van der Waals surface area contributed by atoms with Crippen LogP contribution in [-0.2, 0) is 6.42 Å². The highest BCUT2D eigenvalue weighted by molar-refractivity contribution is 5.95. The maximum Gasteiger partial charge on any atom is 0.257 e. The van der Waals surface area contributed by atoms with Gasteiger partial charge in [-0.15, -0.1) is 0 Å². The molecule has 2 amide bonds. The molecule has 0 unspecified atom stereocenters. The van der Waals surface area contributed by atoms with Crippen molar-refractivity contribution < 1.29 is 14.0 Å². The molecule has 2 aromatic heterocycles. The van der Waals surface area contributed by atoms with Crippen LogP contribution in [0.5, 0.6) is 0 Å². The fourth-order valence-corrected chi connectivity index (χ4v) is 3.75. The molecule has 3 heterocycles. The van der Waals surface area contributed by atoms with Crippen LogP contribution in [0.1, 0.15) is 46.2 Å². The molecule has 150 valence electrons. The molecule has 1 fully saturated rings. The Morgan fingerprint density at radius 1 is 1.17 bits per heavy atom. The van der Waals surface area contributed by atoms with Crippen molar-refractivity contribution >= 4 is 11.8 Å². The van der Waals surface area contributed by atoms with Gasteiger partial charge in [-0.25, -0.2) is 4.68 Å². The first-order valence-electron chi connectivity index (χ1n) is 9.92. The van der Waals surface area contributed by atoms with Crippen molar-refractivity contribution in [3.63, 3.8) is 0 Å². The van der Waals surface area contributed by atoms with Crippen LogP contribution in [0.25, 0.3) is 5.69 Å². The molecule has 0 spiro atoms. The molecule has 1 saturated heterocycles. The molecular weight excluding hydrogens is 368 g/mol. The topological polar surface area (TPSA) is 80.4 Å². The Bertz CT molecular complexity index is 971. The number of furan rings is 1. The lowest BCUT2D eigenvalue weighted by atomic mass is 10.0. The molecule has 4 rings (SSSR count). The first-order valence-corrected chi connectivity index (χ1v) is 9.92. The van der Waals surface area contributed by atoms with Crippen molar-refractivity contribution in [2.75, 3.05) is 13.1 Å². The number of piperidine rings is 1. The number of carbonyl (C=O) groups excluding carboxylic acids is 2. The predicted octanol–water partition coefficient (Wildman–Crippen LogP) is 3.06. The fraction of sp³-hybridized carbons (Fsp3) is 0.318. The number of rotatable bonds is 5. The lowest BCUT2D eigenvalue weighted by Crippen LogP contribution is -2.46. The Morgan fingerprint density at radius 3 is 2.59 bits per heavy atom. The molecule has 29 heavy (non-hydrogen) atoms. The summed E-state index contributed by atoms with van der Waals surface area (Å²) in [6.07, 6.45) is 6.76.